The largest absolute Gasteiger partial charge is 0.335 e. The van der Waals surface area contributed by atoms with E-state index in [1.54, 1.807) is 0 Å². The molecule has 0 aliphatic heterocycles. The Balaban J connectivity index is 1.59. The maximum absolute atomic E-state index is 13.2. The van der Waals surface area contributed by atoms with Gasteiger partial charge in [0.1, 0.15) is 6.54 Å². The van der Waals surface area contributed by atoms with Crippen molar-refractivity contribution >= 4 is 18.1 Å². The summed E-state index contributed by atoms with van der Waals surface area (Å²) >= 11 is 5.42. The van der Waals surface area contributed by atoms with Crippen molar-refractivity contribution in [3.05, 3.63) is 34.6 Å². The van der Waals surface area contributed by atoms with E-state index in [1.807, 2.05) is 16.7 Å². The summed E-state index contributed by atoms with van der Waals surface area (Å²) in [5, 5.41) is 7.26. The molecule has 2 aliphatic carbocycles. The Morgan fingerprint density at radius 2 is 1.96 bits per heavy atom. The van der Waals surface area contributed by atoms with Crippen molar-refractivity contribution in [2.75, 3.05) is 0 Å². The summed E-state index contributed by atoms with van der Waals surface area (Å²) in [4.78, 5) is 15.4. The van der Waals surface area contributed by atoms with Gasteiger partial charge in [0.15, 0.2) is 10.6 Å². The lowest BCUT2D eigenvalue weighted by Gasteiger charge is -2.34. The van der Waals surface area contributed by atoms with Gasteiger partial charge in [-0.2, -0.15) is 5.10 Å². The minimum atomic E-state index is 0.186. The molecule has 2 aliphatic rings. The molecule has 1 aromatic carbocycles. The van der Waals surface area contributed by atoms with Crippen LogP contribution in [0.25, 0.3) is 11.4 Å². The second-order valence-electron chi connectivity index (χ2n) is 7.63. The molecule has 0 radical (unpaired) electrons. The number of rotatable bonds is 5. The highest BCUT2D eigenvalue weighted by atomic mass is 32.1. The molecule has 1 amide bonds. The zero-order chi connectivity index (χ0) is 18.1. The number of aromatic nitrogens is 3. The van der Waals surface area contributed by atoms with Crippen LogP contribution >= 0.6 is 12.2 Å². The van der Waals surface area contributed by atoms with Crippen molar-refractivity contribution < 1.29 is 4.79 Å². The fourth-order valence-electron chi connectivity index (χ4n) is 4.10. The lowest BCUT2D eigenvalue weighted by Crippen LogP contribution is -2.44. The number of aryl methyl sites for hydroxylation is 1. The lowest BCUT2D eigenvalue weighted by atomic mass is 9.94. The van der Waals surface area contributed by atoms with Crippen LogP contribution in [0.4, 0.5) is 0 Å². The average Bonchev–Trinajstić information content (AvgIpc) is 3.40. The van der Waals surface area contributed by atoms with E-state index in [-0.39, 0.29) is 12.5 Å². The van der Waals surface area contributed by atoms with Gasteiger partial charge in [0, 0.05) is 17.6 Å². The second kappa shape index (κ2) is 7.35. The first-order valence-corrected chi connectivity index (χ1v) is 10.1. The average molecular weight is 371 g/mol. The highest BCUT2D eigenvalue weighted by molar-refractivity contribution is 7.71. The minimum absolute atomic E-state index is 0.186. The van der Waals surface area contributed by atoms with Crippen LogP contribution in [0, 0.1) is 11.7 Å². The van der Waals surface area contributed by atoms with Crippen molar-refractivity contribution in [2.45, 2.75) is 70.5 Å². The molecule has 26 heavy (non-hydrogen) atoms. The number of nitrogens with one attached hydrogen (secondary N) is 1. The second-order valence-corrected chi connectivity index (χ2v) is 8.02. The maximum Gasteiger partial charge on any atom is 0.243 e. The summed E-state index contributed by atoms with van der Waals surface area (Å²) in [7, 11) is 0. The Morgan fingerprint density at radius 1 is 1.23 bits per heavy atom. The number of amides is 1. The normalized spacial score (nSPS) is 18.0. The number of H-pyrrole nitrogens is 1. The maximum atomic E-state index is 13.2. The third-order valence-electron chi connectivity index (χ3n) is 5.52. The standard InChI is InChI=1S/C20H26N4OS/c1-14-6-5-7-15(12-14)19-21-22-20(26)23(19)13-18(25)24(17-10-11-17)16-8-3-2-4-9-16/h5-7,12,16-17H,2-4,8-11,13H2,1H3,(H,22,26). The van der Waals surface area contributed by atoms with E-state index in [4.69, 9.17) is 12.2 Å². The van der Waals surface area contributed by atoms with E-state index in [2.05, 4.69) is 34.2 Å². The quantitative estimate of drug-likeness (QED) is 0.801. The van der Waals surface area contributed by atoms with Crippen molar-refractivity contribution in [3.63, 3.8) is 0 Å². The van der Waals surface area contributed by atoms with E-state index in [0.29, 0.717) is 16.9 Å². The highest BCUT2D eigenvalue weighted by Crippen LogP contribution is 2.34. The Labute approximate surface area is 159 Å². The molecule has 6 heteroatoms. The fourth-order valence-corrected chi connectivity index (χ4v) is 4.30. The molecule has 0 spiro atoms. The summed E-state index contributed by atoms with van der Waals surface area (Å²) in [6, 6.07) is 9.00. The topological polar surface area (TPSA) is 53.9 Å². The van der Waals surface area contributed by atoms with Gasteiger partial charge in [-0.1, -0.05) is 43.0 Å². The summed E-state index contributed by atoms with van der Waals surface area (Å²) in [6.45, 7) is 2.32. The molecule has 138 valence electrons. The predicted molar refractivity (Wildman–Crippen MR) is 104 cm³/mol. The lowest BCUT2D eigenvalue weighted by molar-refractivity contribution is -0.135. The molecule has 2 saturated carbocycles. The van der Waals surface area contributed by atoms with Gasteiger partial charge in [0.05, 0.1) is 0 Å². The molecular formula is C20H26N4OS. The zero-order valence-electron chi connectivity index (χ0n) is 15.3. The number of carbonyl (C=O) groups excluding carboxylic acids is 1. The van der Waals surface area contributed by atoms with Gasteiger partial charge in [-0.15, -0.1) is 0 Å². The molecule has 1 N–H and O–H groups in total. The van der Waals surface area contributed by atoms with Gasteiger partial charge < -0.3 is 4.90 Å². The van der Waals surface area contributed by atoms with E-state index in [9.17, 15) is 4.79 Å². The number of benzene rings is 1. The number of aromatic amines is 1. The number of carbonyl (C=O) groups is 1. The van der Waals surface area contributed by atoms with Crippen LogP contribution in [0.15, 0.2) is 24.3 Å². The highest BCUT2D eigenvalue weighted by Gasteiger charge is 2.37. The van der Waals surface area contributed by atoms with Crippen LogP contribution in [-0.4, -0.2) is 37.7 Å². The van der Waals surface area contributed by atoms with E-state index < -0.39 is 0 Å². The van der Waals surface area contributed by atoms with Crippen LogP contribution < -0.4 is 0 Å². The molecule has 0 bridgehead atoms. The molecule has 4 rings (SSSR count). The Kier molecular flexibility index (Phi) is 4.94. The summed E-state index contributed by atoms with van der Waals surface area (Å²) in [5.74, 6) is 0.928. The third kappa shape index (κ3) is 3.61. The van der Waals surface area contributed by atoms with E-state index in [1.165, 1.54) is 19.3 Å². The minimum Gasteiger partial charge on any atom is -0.335 e. The van der Waals surface area contributed by atoms with Crippen LogP contribution in [0.2, 0.25) is 0 Å². The molecule has 2 fully saturated rings. The first-order valence-electron chi connectivity index (χ1n) is 9.67. The van der Waals surface area contributed by atoms with Crippen LogP contribution in [0.3, 0.4) is 0 Å². The summed E-state index contributed by atoms with van der Waals surface area (Å²) in [5.41, 5.74) is 2.15. The number of hydrogen-bond acceptors (Lipinski definition) is 3. The van der Waals surface area contributed by atoms with Gasteiger partial charge in [-0.25, -0.2) is 0 Å². The molecule has 1 heterocycles. The first-order chi connectivity index (χ1) is 12.6. The van der Waals surface area contributed by atoms with Crippen molar-refractivity contribution in [2.24, 2.45) is 0 Å². The number of nitrogens with zero attached hydrogens (tertiary/aromatic N) is 3. The van der Waals surface area contributed by atoms with Gasteiger partial charge in [-0.05, 0) is 50.9 Å². The summed E-state index contributed by atoms with van der Waals surface area (Å²) in [6.07, 6.45) is 8.34. The van der Waals surface area contributed by atoms with Crippen molar-refractivity contribution in [1.82, 2.24) is 19.7 Å². The van der Waals surface area contributed by atoms with Gasteiger partial charge in [0.25, 0.3) is 0 Å². The van der Waals surface area contributed by atoms with Crippen LogP contribution in [-0.2, 0) is 11.3 Å². The molecule has 2 aromatic rings. The smallest absolute Gasteiger partial charge is 0.243 e. The van der Waals surface area contributed by atoms with Crippen LogP contribution in [0.5, 0.6) is 0 Å². The van der Waals surface area contributed by atoms with Crippen LogP contribution in [0.1, 0.15) is 50.5 Å². The van der Waals surface area contributed by atoms with Crippen molar-refractivity contribution in [1.29, 1.82) is 0 Å². The molecule has 5 nitrogen and oxygen atoms in total. The van der Waals surface area contributed by atoms with Gasteiger partial charge in [-0.3, -0.25) is 14.5 Å². The zero-order valence-corrected chi connectivity index (χ0v) is 16.1. The van der Waals surface area contributed by atoms with Crippen molar-refractivity contribution in [3.8, 4) is 11.4 Å². The van der Waals surface area contributed by atoms with Gasteiger partial charge in [0.2, 0.25) is 5.91 Å². The summed E-state index contributed by atoms with van der Waals surface area (Å²) < 4.78 is 2.36. The molecular weight excluding hydrogens is 344 g/mol. The molecule has 0 unspecified atom stereocenters. The third-order valence-corrected chi connectivity index (χ3v) is 5.84. The Hall–Kier alpha value is -1.95. The van der Waals surface area contributed by atoms with Gasteiger partial charge >= 0.3 is 0 Å². The SMILES string of the molecule is Cc1cccc(-c2n[nH]c(=S)n2CC(=O)N(C2CCCCC2)C2CC2)c1. The molecule has 0 atom stereocenters. The predicted octanol–water partition coefficient (Wildman–Crippen LogP) is 4.24. The number of hydrogen-bond donors (Lipinski definition) is 1. The van der Waals surface area contributed by atoms with E-state index >= 15 is 0 Å². The fraction of sp³-hybridized carbons (Fsp3) is 0.550. The first kappa shape index (κ1) is 17.5. The Bertz CT molecular complexity index is 845. The van der Waals surface area contributed by atoms with E-state index in [0.717, 1.165) is 42.6 Å². The molecule has 1 aromatic heterocycles. The Morgan fingerprint density at radius 3 is 2.65 bits per heavy atom. The monoisotopic (exact) mass is 370 g/mol. The molecule has 0 saturated heterocycles.